The van der Waals surface area contributed by atoms with E-state index in [2.05, 4.69) is 41.6 Å². The van der Waals surface area contributed by atoms with E-state index in [1.807, 2.05) is 31.2 Å². The molecular weight excluding hydrogens is 266 g/mol. The van der Waals surface area contributed by atoms with E-state index in [1.54, 1.807) is 4.68 Å². The van der Waals surface area contributed by atoms with Crippen molar-refractivity contribution in [2.24, 2.45) is 5.92 Å². The molecule has 1 unspecified atom stereocenters. The molecular formula is C15H23N5O. The Morgan fingerprint density at radius 2 is 2.10 bits per heavy atom. The highest BCUT2D eigenvalue weighted by Gasteiger charge is 2.16. The molecule has 2 rings (SSSR count). The molecule has 6 heteroatoms. The zero-order valence-corrected chi connectivity index (χ0v) is 13.1. The van der Waals surface area contributed by atoms with Crippen molar-refractivity contribution in [1.29, 1.82) is 0 Å². The van der Waals surface area contributed by atoms with Crippen LogP contribution >= 0.6 is 0 Å². The fourth-order valence-electron chi connectivity index (χ4n) is 2.02. The Morgan fingerprint density at radius 1 is 1.29 bits per heavy atom. The van der Waals surface area contributed by atoms with Crippen molar-refractivity contribution in [2.45, 2.75) is 33.7 Å². The van der Waals surface area contributed by atoms with Gasteiger partial charge in [-0.3, -0.25) is 0 Å². The average Bonchev–Trinajstić information content (AvgIpc) is 2.95. The summed E-state index contributed by atoms with van der Waals surface area (Å²) < 4.78 is 7.28. The number of nitrogens with zero attached hydrogens (tertiary/aromatic N) is 4. The van der Waals surface area contributed by atoms with Gasteiger partial charge in [-0.05, 0) is 48.9 Å². The van der Waals surface area contributed by atoms with Gasteiger partial charge in [-0.15, -0.1) is 5.10 Å². The van der Waals surface area contributed by atoms with E-state index < -0.39 is 0 Å². The molecule has 0 fully saturated rings. The number of hydrogen-bond acceptors (Lipinski definition) is 5. The number of tetrazole rings is 1. The molecule has 2 aromatic rings. The molecule has 0 bridgehead atoms. The molecule has 0 aliphatic heterocycles. The lowest BCUT2D eigenvalue weighted by atomic mass is 10.2. The fourth-order valence-corrected chi connectivity index (χ4v) is 2.02. The lowest BCUT2D eigenvalue weighted by molar-refractivity contribution is 0.340. The zero-order valence-electron chi connectivity index (χ0n) is 13.1. The third kappa shape index (κ3) is 4.01. The van der Waals surface area contributed by atoms with Gasteiger partial charge in [0.05, 0.1) is 18.3 Å². The van der Waals surface area contributed by atoms with Crippen molar-refractivity contribution in [1.82, 2.24) is 25.5 Å². The predicted molar refractivity (Wildman–Crippen MR) is 81.6 cm³/mol. The third-order valence-corrected chi connectivity index (χ3v) is 3.09. The number of rotatable bonds is 7. The Kier molecular flexibility index (Phi) is 5.27. The Bertz CT molecular complexity index is 567. The molecule has 1 atom stereocenters. The maximum Gasteiger partial charge on any atom is 0.173 e. The first-order chi connectivity index (χ1) is 10.1. The van der Waals surface area contributed by atoms with Crippen LogP contribution in [0.4, 0.5) is 0 Å². The van der Waals surface area contributed by atoms with E-state index >= 15 is 0 Å². The van der Waals surface area contributed by atoms with Crippen LogP contribution in [0.25, 0.3) is 5.69 Å². The SMILES string of the molecule is CCOc1cccc(-n2nnnc2C(C)NCC(C)C)c1. The molecule has 114 valence electrons. The molecule has 0 radical (unpaired) electrons. The Labute approximate surface area is 125 Å². The minimum atomic E-state index is 0.0816. The van der Waals surface area contributed by atoms with E-state index in [1.165, 1.54) is 0 Å². The Balaban J connectivity index is 2.21. The van der Waals surface area contributed by atoms with Gasteiger partial charge < -0.3 is 10.1 Å². The lowest BCUT2D eigenvalue weighted by Crippen LogP contribution is -2.25. The molecule has 0 aliphatic rings. The third-order valence-electron chi connectivity index (χ3n) is 3.09. The largest absolute Gasteiger partial charge is 0.494 e. The summed E-state index contributed by atoms with van der Waals surface area (Å²) in [5, 5.41) is 15.5. The summed E-state index contributed by atoms with van der Waals surface area (Å²) in [4.78, 5) is 0. The minimum Gasteiger partial charge on any atom is -0.494 e. The maximum atomic E-state index is 5.53. The maximum absolute atomic E-state index is 5.53. The Morgan fingerprint density at radius 3 is 2.81 bits per heavy atom. The summed E-state index contributed by atoms with van der Waals surface area (Å²) in [6, 6.07) is 7.86. The van der Waals surface area contributed by atoms with Crippen molar-refractivity contribution >= 4 is 0 Å². The van der Waals surface area contributed by atoms with E-state index in [9.17, 15) is 0 Å². The van der Waals surface area contributed by atoms with Crippen molar-refractivity contribution in [2.75, 3.05) is 13.2 Å². The van der Waals surface area contributed by atoms with Crippen LogP contribution in [-0.2, 0) is 0 Å². The highest BCUT2D eigenvalue weighted by molar-refractivity contribution is 5.39. The number of nitrogens with one attached hydrogen (secondary N) is 1. The van der Waals surface area contributed by atoms with Crippen molar-refractivity contribution in [3.05, 3.63) is 30.1 Å². The molecule has 6 nitrogen and oxygen atoms in total. The van der Waals surface area contributed by atoms with Crippen LogP contribution in [0.15, 0.2) is 24.3 Å². The van der Waals surface area contributed by atoms with Crippen LogP contribution in [0, 0.1) is 5.92 Å². The first-order valence-corrected chi connectivity index (χ1v) is 7.36. The van der Waals surface area contributed by atoms with E-state index in [0.29, 0.717) is 12.5 Å². The standard InChI is InChI=1S/C15H23N5O/c1-5-21-14-8-6-7-13(9-14)20-15(17-18-19-20)12(4)16-10-11(2)3/h6-9,11-12,16H,5,10H2,1-4H3. The quantitative estimate of drug-likeness (QED) is 0.847. The van der Waals surface area contributed by atoms with Gasteiger partial charge in [-0.2, -0.15) is 4.68 Å². The molecule has 21 heavy (non-hydrogen) atoms. The van der Waals surface area contributed by atoms with Gasteiger partial charge in [-0.25, -0.2) is 0 Å². The fraction of sp³-hybridized carbons (Fsp3) is 0.533. The topological polar surface area (TPSA) is 64.9 Å². The number of hydrogen-bond donors (Lipinski definition) is 1. The second-order valence-corrected chi connectivity index (χ2v) is 5.40. The highest BCUT2D eigenvalue weighted by atomic mass is 16.5. The zero-order chi connectivity index (χ0) is 15.2. The first kappa shape index (κ1) is 15.4. The predicted octanol–water partition coefficient (Wildman–Crippen LogP) is 2.37. The summed E-state index contributed by atoms with van der Waals surface area (Å²) in [6.45, 7) is 9.94. The van der Waals surface area contributed by atoms with Crippen LogP contribution in [0.3, 0.4) is 0 Å². The normalized spacial score (nSPS) is 12.6. The second kappa shape index (κ2) is 7.17. The highest BCUT2D eigenvalue weighted by Crippen LogP contribution is 2.19. The van der Waals surface area contributed by atoms with Crippen molar-refractivity contribution in [3.8, 4) is 11.4 Å². The van der Waals surface area contributed by atoms with E-state index in [4.69, 9.17) is 4.74 Å². The molecule has 1 aromatic heterocycles. The van der Waals surface area contributed by atoms with Crippen LogP contribution in [0.2, 0.25) is 0 Å². The summed E-state index contributed by atoms with van der Waals surface area (Å²) >= 11 is 0. The summed E-state index contributed by atoms with van der Waals surface area (Å²) in [6.07, 6.45) is 0. The second-order valence-electron chi connectivity index (χ2n) is 5.40. The Hall–Kier alpha value is -1.95. The van der Waals surface area contributed by atoms with Gasteiger partial charge in [0.1, 0.15) is 5.75 Å². The van der Waals surface area contributed by atoms with Crippen LogP contribution in [0.5, 0.6) is 5.75 Å². The van der Waals surface area contributed by atoms with E-state index in [0.717, 1.165) is 23.8 Å². The van der Waals surface area contributed by atoms with Gasteiger partial charge in [0.25, 0.3) is 0 Å². The minimum absolute atomic E-state index is 0.0816. The molecule has 1 heterocycles. The van der Waals surface area contributed by atoms with E-state index in [-0.39, 0.29) is 6.04 Å². The number of benzene rings is 1. The monoisotopic (exact) mass is 289 g/mol. The van der Waals surface area contributed by atoms with Crippen molar-refractivity contribution < 1.29 is 4.74 Å². The summed E-state index contributed by atoms with van der Waals surface area (Å²) in [5.41, 5.74) is 0.902. The first-order valence-electron chi connectivity index (χ1n) is 7.36. The van der Waals surface area contributed by atoms with Gasteiger partial charge >= 0.3 is 0 Å². The number of aromatic nitrogens is 4. The lowest BCUT2D eigenvalue weighted by Gasteiger charge is -2.15. The molecule has 0 spiro atoms. The van der Waals surface area contributed by atoms with Gasteiger partial charge in [0.2, 0.25) is 0 Å². The average molecular weight is 289 g/mol. The smallest absolute Gasteiger partial charge is 0.173 e. The number of ether oxygens (including phenoxy) is 1. The molecule has 1 N–H and O–H groups in total. The molecule has 0 amide bonds. The molecule has 0 saturated carbocycles. The molecule has 0 saturated heterocycles. The van der Waals surface area contributed by atoms with Crippen LogP contribution in [-0.4, -0.2) is 33.4 Å². The van der Waals surface area contributed by atoms with Gasteiger partial charge in [-0.1, -0.05) is 19.9 Å². The van der Waals surface area contributed by atoms with Gasteiger partial charge in [0.15, 0.2) is 5.82 Å². The molecule has 1 aromatic carbocycles. The molecule has 0 aliphatic carbocycles. The van der Waals surface area contributed by atoms with Crippen LogP contribution in [0.1, 0.15) is 39.6 Å². The summed E-state index contributed by atoms with van der Waals surface area (Å²) in [5.74, 6) is 2.20. The van der Waals surface area contributed by atoms with Crippen LogP contribution < -0.4 is 10.1 Å². The van der Waals surface area contributed by atoms with Crippen molar-refractivity contribution in [3.63, 3.8) is 0 Å². The summed E-state index contributed by atoms with van der Waals surface area (Å²) in [7, 11) is 0. The van der Waals surface area contributed by atoms with Gasteiger partial charge in [0, 0.05) is 6.07 Å².